The monoisotopic (exact) mass is 351 g/mol. The van der Waals surface area contributed by atoms with Crippen LogP contribution in [0, 0.1) is 11.3 Å². The average molecular weight is 353 g/mol. The second-order valence-corrected chi connectivity index (χ2v) is 5.05. The second-order valence-electron chi connectivity index (χ2n) is 3.28. The van der Waals surface area contributed by atoms with Crippen molar-refractivity contribution >= 4 is 31.9 Å². The highest BCUT2D eigenvalue weighted by Gasteiger charge is 2.08. The van der Waals surface area contributed by atoms with Gasteiger partial charge >= 0.3 is 0 Å². The Bertz CT molecular complexity index is 590. The summed E-state index contributed by atoms with van der Waals surface area (Å²) < 4.78 is 7.34. The molecule has 0 heterocycles. The fraction of sp³-hybridized carbons (Fsp3) is 0. The first-order valence-corrected chi connectivity index (χ1v) is 6.41. The minimum absolute atomic E-state index is 0.493. The predicted octanol–water partition coefficient (Wildman–Crippen LogP) is 4.88. The van der Waals surface area contributed by atoms with E-state index >= 15 is 0 Å². The molecule has 0 bridgehead atoms. The van der Waals surface area contributed by atoms with E-state index in [-0.39, 0.29) is 0 Å². The lowest BCUT2D eigenvalue weighted by Crippen LogP contribution is -1.89. The third-order valence-corrected chi connectivity index (χ3v) is 3.27. The summed E-state index contributed by atoms with van der Waals surface area (Å²) in [6.07, 6.45) is 0. The van der Waals surface area contributed by atoms with Gasteiger partial charge < -0.3 is 4.74 Å². The predicted molar refractivity (Wildman–Crippen MR) is 73.1 cm³/mol. The van der Waals surface area contributed by atoms with E-state index < -0.39 is 0 Å². The molecule has 0 unspecified atom stereocenters. The SMILES string of the molecule is N#Cc1c(Br)cccc1Oc1cccc(Br)c1. The van der Waals surface area contributed by atoms with Crippen LogP contribution in [0.4, 0.5) is 0 Å². The molecule has 0 aliphatic heterocycles. The number of nitriles is 1. The molecule has 2 aromatic rings. The first-order chi connectivity index (χ1) is 8.20. The Hall–Kier alpha value is -1.31. The lowest BCUT2D eigenvalue weighted by atomic mass is 10.2. The molecule has 0 amide bonds. The third kappa shape index (κ3) is 2.87. The highest BCUT2D eigenvalue weighted by Crippen LogP contribution is 2.30. The van der Waals surface area contributed by atoms with Crippen molar-refractivity contribution in [2.45, 2.75) is 0 Å². The number of rotatable bonds is 2. The van der Waals surface area contributed by atoms with Crippen LogP contribution in [0.2, 0.25) is 0 Å². The van der Waals surface area contributed by atoms with Gasteiger partial charge in [0.2, 0.25) is 0 Å². The van der Waals surface area contributed by atoms with Gasteiger partial charge in [0.25, 0.3) is 0 Å². The molecule has 0 radical (unpaired) electrons. The molecular weight excluding hydrogens is 346 g/mol. The van der Waals surface area contributed by atoms with Crippen molar-refractivity contribution in [3.05, 3.63) is 57.0 Å². The standard InChI is InChI=1S/C13H7Br2NO/c14-9-3-1-4-10(7-9)17-13-6-2-5-12(15)11(13)8-16/h1-7H. The molecule has 0 saturated heterocycles. The fourth-order valence-electron chi connectivity index (χ4n) is 1.36. The lowest BCUT2D eigenvalue weighted by Gasteiger charge is -2.08. The molecule has 0 saturated carbocycles. The molecule has 4 heteroatoms. The van der Waals surface area contributed by atoms with E-state index in [1.165, 1.54) is 0 Å². The van der Waals surface area contributed by atoms with Gasteiger partial charge in [-0.1, -0.05) is 28.1 Å². The van der Waals surface area contributed by atoms with Crippen LogP contribution in [0.5, 0.6) is 11.5 Å². The summed E-state index contributed by atoms with van der Waals surface area (Å²) in [5.41, 5.74) is 0.493. The summed E-state index contributed by atoms with van der Waals surface area (Å²) in [5.74, 6) is 1.23. The first kappa shape index (κ1) is 12.2. The van der Waals surface area contributed by atoms with Gasteiger partial charge in [-0.15, -0.1) is 0 Å². The van der Waals surface area contributed by atoms with Gasteiger partial charge in [-0.2, -0.15) is 5.26 Å². The van der Waals surface area contributed by atoms with Crippen LogP contribution in [-0.2, 0) is 0 Å². The van der Waals surface area contributed by atoms with Gasteiger partial charge in [-0.25, -0.2) is 0 Å². The number of nitrogens with zero attached hydrogens (tertiary/aromatic N) is 1. The summed E-state index contributed by atoms with van der Waals surface area (Å²) in [6.45, 7) is 0. The minimum atomic E-state index is 0.493. The lowest BCUT2D eigenvalue weighted by molar-refractivity contribution is 0.480. The quantitative estimate of drug-likeness (QED) is 0.771. The number of ether oxygens (including phenoxy) is 1. The van der Waals surface area contributed by atoms with Crippen molar-refractivity contribution in [1.82, 2.24) is 0 Å². The van der Waals surface area contributed by atoms with E-state index in [0.29, 0.717) is 17.1 Å². The Morgan fingerprint density at radius 3 is 2.53 bits per heavy atom. The van der Waals surface area contributed by atoms with Gasteiger partial charge in [0.15, 0.2) is 0 Å². The zero-order valence-corrected chi connectivity index (χ0v) is 11.8. The zero-order valence-electron chi connectivity index (χ0n) is 8.65. The highest BCUT2D eigenvalue weighted by atomic mass is 79.9. The molecule has 17 heavy (non-hydrogen) atoms. The van der Waals surface area contributed by atoms with Gasteiger partial charge in [0.1, 0.15) is 23.1 Å². The average Bonchev–Trinajstić information content (AvgIpc) is 2.29. The van der Waals surface area contributed by atoms with Crippen LogP contribution in [0.15, 0.2) is 51.4 Å². The molecule has 0 atom stereocenters. The number of hydrogen-bond donors (Lipinski definition) is 0. The third-order valence-electron chi connectivity index (χ3n) is 2.11. The molecule has 0 spiro atoms. The molecule has 2 aromatic carbocycles. The van der Waals surface area contributed by atoms with E-state index in [2.05, 4.69) is 37.9 Å². The largest absolute Gasteiger partial charge is 0.456 e. The van der Waals surface area contributed by atoms with Gasteiger partial charge in [0, 0.05) is 8.95 Å². The molecule has 84 valence electrons. The van der Waals surface area contributed by atoms with Crippen molar-refractivity contribution < 1.29 is 4.74 Å². The number of benzene rings is 2. The van der Waals surface area contributed by atoms with Gasteiger partial charge in [-0.3, -0.25) is 0 Å². The van der Waals surface area contributed by atoms with E-state index in [9.17, 15) is 0 Å². The minimum Gasteiger partial charge on any atom is -0.456 e. The first-order valence-electron chi connectivity index (χ1n) is 4.83. The van der Waals surface area contributed by atoms with E-state index in [1.54, 1.807) is 6.07 Å². The normalized spacial score (nSPS) is 9.71. The van der Waals surface area contributed by atoms with Crippen LogP contribution in [0.3, 0.4) is 0 Å². The van der Waals surface area contributed by atoms with Crippen LogP contribution >= 0.6 is 31.9 Å². The summed E-state index contributed by atoms with van der Waals surface area (Å²) in [4.78, 5) is 0. The molecule has 2 rings (SSSR count). The zero-order chi connectivity index (χ0) is 12.3. The van der Waals surface area contributed by atoms with Crippen molar-refractivity contribution in [1.29, 1.82) is 5.26 Å². The summed E-state index contributed by atoms with van der Waals surface area (Å²) in [6, 6.07) is 15.0. The van der Waals surface area contributed by atoms with Gasteiger partial charge in [-0.05, 0) is 46.3 Å². The van der Waals surface area contributed by atoms with Crippen LogP contribution in [-0.4, -0.2) is 0 Å². The molecule has 0 aliphatic carbocycles. The van der Waals surface area contributed by atoms with Gasteiger partial charge in [0.05, 0.1) is 0 Å². The van der Waals surface area contributed by atoms with Crippen molar-refractivity contribution in [2.24, 2.45) is 0 Å². The Kier molecular flexibility index (Phi) is 3.82. The highest BCUT2D eigenvalue weighted by molar-refractivity contribution is 9.10. The van der Waals surface area contributed by atoms with Crippen molar-refractivity contribution in [2.75, 3.05) is 0 Å². The van der Waals surface area contributed by atoms with Crippen molar-refractivity contribution in [3.8, 4) is 17.6 Å². The molecule has 2 nitrogen and oxygen atoms in total. The Labute approximate surface area is 116 Å². The number of halogens is 2. The second kappa shape index (κ2) is 5.35. The maximum atomic E-state index is 9.06. The van der Waals surface area contributed by atoms with Crippen LogP contribution in [0.25, 0.3) is 0 Å². The molecular formula is C13H7Br2NO. The Morgan fingerprint density at radius 2 is 1.82 bits per heavy atom. The van der Waals surface area contributed by atoms with E-state index in [4.69, 9.17) is 10.00 Å². The smallest absolute Gasteiger partial charge is 0.146 e. The molecule has 0 aliphatic rings. The molecule has 0 aromatic heterocycles. The maximum absolute atomic E-state index is 9.06. The summed E-state index contributed by atoms with van der Waals surface area (Å²) in [5, 5.41) is 9.06. The van der Waals surface area contributed by atoms with Crippen molar-refractivity contribution in [3.63, 3.8) is 0 Å². The molecule has 0 fully saturated rings. The Morgan fingerprint density at radius 1 is 1.06 bits per heavy atom. The topological polar surface area (TPSA) is 33.0 Å². The Balaban J connectivity index is 2.37. The molecule has 0 N–H and O–H groups in total. The number of hydrogen-bond acceptors (Lipinski definition) is 2. The fourth-order valence-corrected chi connectivity index (χ4v) is 2.17. The summed E-state index contributed by atoms with van der Waals surface area (Å²) in [7, 11) is 0. The van der Waals surface area contributed by atoms with Crippen LogP contribution in [0.1, 0.15) is 5.56 Å². The van der Waals surface area contributed by atoms with E-state index in [0.717, 1.165) is 8.95 Å². The van der Waals surface area contributed by atoms with Crippen LogP contribution < -0.4 is 4.74 Å². The van der Waals surface area contributed by atoms with E-state index in [1.807, 2.05) is 36.4 Å². The summed E-state index contributed by atoms with van der Waals surface area (Å²) >= 11 is 6.69. The maximum Gasteiger partial charge on any atom is 0.146 e.